The highest BCUT2D eigenvalue weighted by Gasteiger charge is 2.37. The van der Waals surface area contributed by atoms with Gasteiger partial charge >= 0.3 is 5.97 Å². The molecule has 1 saturated heterocycles. The summed E-state index contributed by atoms with van der Waals surface area (Å²) in [5.41, 5.74) is -0.319. The summed E-state index contributed by atoms with van der Waals surface area (Å²) in [4.78, 5) is 11.3. The quantitative estimate of drug-likeness (QED) is 0.464. The first-order valence-corrected chi connectivity index (χ1v) is 4.41. The number of esters is 1. The van der Waals surface area contributed by atoms with Crippen molar-refractivity contribution in [3.05, 3.63) is 0 Å². The van der Waals surface area contributed by atoms with Crippen LogP contribution in [0.3, 0.4) is 0 Å². The highest BCUT2D eigenvalue weighted by atomic mass is 35.5. The number of rotatable bonds is 1. The standard InChI is InChI=1S/C8H14ClNO2/c1-8(7(11)12-2)3-5-10(9)6-4-8/h3-6H2,1-2H3. The third kappa shape index (κ3) is 1.90. The maximum absolute atomic E-state index is 11.3. The van der Waals surface area contributed by atoms with Gasteiger partial charge in [-0.15, -0.1) is 0 Å². The van der Waals surface area contributed by atoms with Crippen molar-refractivity contribution in [2.75, 3.05) is 20.2 Å². The summed E-state index contributed by atoms with van der Waals surface area (Å²) >= 11 is 5.77. The normalized spacial score (nSPS) is 23.6. The minimum absolute atomic E-state index is 0.118. The molecule has 1 aliphatic heterocycles. The Morgan fingerprint density at radius 1 is 1.50 bits per heavy atom. The van der Waals surface area contributed by atoms with E-state index in [0.717, 1.165) is 25.9 Å². The molecule has 1 heterocycles. The molecule has 70 valence electrons. The number of hydrogen-bond donors (Lipinski definition) is 0. The van der Waals surface area contributed by atoms with Crippen molar-refractivity contribution >= 4 is 17.7 Å². The van der Waals surface area contributed by atoms with Gasteiger partial charge in [0.15, 0.2) is 0 Å². The van der Waals surface area contributed by atoms with Gasteiger partial charge < -0.3 is 4.74 Å². The molecular formula is C8H14ClNO2. The number of hydrogen-bond acceptors (Lipinski definition) is 3. The molecule has 0 aromatic rings. The number of carbonyl (C=O) groups is 1. The Balaban J connectivity index is 2.55. The zero-order valence-corrected chi connectivity index (χ0v) is 8.23. The first kappa shape index (κ1) is 9.81. The fraction of sp³-hybridized carbons (Fsp3) is 0.875. The number of carbonyl (C=O) groups excluding carboxylic acids is 1. The van der Waals surface area contributed by atoms with Gasteiger partial charge in [-0.1, -0.05) is 0 Å². The molecule has 0 amide bonds. The van der Waals surface area contributed by atoms with Gasteiger partial charge in [0.2, 0.25) is 0 Å². The van der Waals surface area contributed by atoms with Crippen LogP contribution in [-0.4, -0.2) is 30.6 Å². The van der Waals surface area contributed by atoms with Crippen LogP contribution in [-0.2, 0) is 9.53 Å². The molecule has 1 aliphatic rings. The lowest BCUT2D eigenvalue weighted by atomic mass is 9.81. The molecule has 1 rings (SSSR count). The SMILES string of the molecule is COC(=O)C1(C)CCN(Cl)CC1. The molecule has 1 fully saturated rings. The van der Waals surface area contributed by atoms with Crippen LogP contribution >= 0.6 is 11.8 Å². The lowest BCUT2D eigenvalue weighted by molar-refractivity contribution is -0.153. The van der Waals surface area contributed by atoms with Crippen LogP contribution < -0.4 is 0 Å². The summed E-state index contributed by atoms with van der Waals surface area (Å²) in [5.74, 6) is -0.118. The van der Waals surface area contributed by atoms with Gasteiger partial charge in [0.1, 0.15) is 0 Å². The van der Waals surface area contributed by atoms with E-state index in [1.807, 2.05) is 6.92 Å². The van der Waals surface area contributed by atoms with Gasteiger partial charge in [-0.25, -0.2) is 4.42 Å². The van der Waals surface area contributed by atoms with Crippen LogP contribution in [0.25, 0.3) is 0 Å². The fourth-order valence-corrected chi connectivity index (χ4v) is 1.59. The molecule has 0 spiro atoms. The second-order valence-corrected chi connectivity index (χ2v) is 3.94. The highest BCUT2D eigenvalue weighted by Crippen LogP contribution is 2.32. The van der Waals surface area contributed by atoms with Gasteiger partial charge in [0.25, 0.3) is 0 Å². The predicted molar refractivity (Wildman–Crippen MR) is 46.8 cm³/mol. The first-order valence-electron chi connectivity index (χ1n) is 4.08. The fourth-order valence-electron chi connectivity index (χ4n) is 1.42. The molecule has 0 aromatic carbocycles. The lowest BCUT2D eigenvalue weighted by Crippen LogP contribution is -2.39. The summed E-state index contributed by atoms with van der Waals surface area (Å²) in [5, 5.41) is 0. The smallest absolute Gasteiger partial charge is 0.311 e. The van der Waals surface area contributed by atoms with E-state index in [1.54, 1.807) is 4.42 Å². The molecule has 12 heavy (non-hydrogen) atoms. The summed E-state index contributed by atoms with van der Waals surface area (Å²) in [7, 11) is 1.43. The second-order valence-electron chi connectivity index (χ2n) is 3.46. The Labute approximate surface area is 77.7 Å². The molecule has 0 saturated carbocycles. The molecule has 0 unspecified atom stereocenters. The number of halogens is 1. The van der Waals surface area contributed by atoms with Crippen LogP contribution in [0.2, 0.25) is 0 Å². The maximum atomic E-state index is 11.3. The number of nitrogens with zero attached hydrogens (tertiary/aromatic N) is 1. The first-order chi connectivity index (χ1) is 5.58. The van der Waals surface area contributed by atoms with Gasteiger partial charge in [-0.05, 0) is 31.5 Å². The van der Waals surface area contributed by atoms with Crippen LogP contribution in [0.15, 0.2) is 0 Å². The summed E-state index contributed by atoms with van der Waals surface area (Å²) in [6.07, 6.45) is 1.56. The topological polar surface area (TPSA) is 29.5 Å². The molecule has 0 bridgehead atoms. The Morgan fingerprint density at radius 2 is 2.00 bits per heavy atom. The molecule has 0 aromatic heterocycles. The van der Waals surface area contributed by atoms with Crippen molar-refractivity contribution in [1.82, 2.24) is 4.42 Å². The number of methoxy groups -OCH3 is 1. The van der Waals surface area contributed by atoms with Crippen molar-refractivity contribution < 1.29 is 9.53 Å². The van der Waals surface area contributed by atoms with Crippen molar-refractivity contribution in [2.45, 2.75) is 19.8 Å². The van der Waals surface area contributed by atoms with E-state index < -0.39 is 0 Å². The van der Waals surface area contributed by atoms with E-state index in [2.05, 4.69) is 0 Å². The van der Waals surface area contributed by atoms with Gasteiger partial charge in [0, 0.05) is 13.1 Å². The van der Waals surface area contributed by atoms with Gasteiger partial charge in [-0.2, -0.15) is 0 Å². The lowest BCUT2D eigenvalue weighted by Gasteiger charge is -2.33. The Bertz CT molecular complexity index is 176. The van der Waals surface area contributed by atoms with Crippen LogP contribution in [0.1, 0.15) is 19.8 Å². The average Bonchev–Trinajstić information content (AvgIpc) is 2.09. The highest BCUT2D eigenvalue weighted by molar-refractivity contribution is 6.13. The maximum Gasteiger partial charge on any atom is 0.311 e. The van der Waals surface area contributed by atoms with Crippen molar-refractivity contribution in [3.63, 3.8) is 0 Å². The average molecular weight is 192 g/mol. The van der Waals surface area contributed by atoms with Gasteiger partial charge in [-0.3, -0.25) is 4.79 Å². The Morgan fingerprint density at radius 3 is 2.42 bits per heavy atom. The molecule has 3 nitrogen and oxygen atoms in total. The third-order valence-electron chi connectivity index (χ3n) is 2.49. The molecule has 0 radical (unpaired) electrons. The van der Waals surface area contributed by atoms with E-state index >= 15 is 0 Å². The number of ether oxygens (including phenoxy) is 1. The zero-order valence-electron chi connectivity index (χ0n) is 7.47. The Hall–Kier alpha value is -0.280. The largest absolute Gasteiger partial charge is 0.469 e. The van der Waals surface area contributed by atoms with Crippen LogP contribution in [0, 0.1) is 5.41 Å². The van der Waals surface area contributed by atoms with Crippen molar-refractivity contribution in [2.24, 2.45) is 5.41 Å². The molecule has 4 heteroatoms. The molecule has 0 N–H and O–H groups in total. The van der Waals surface area contributed by atoms with Crippen molar-refractivity contribution in [3.8, 4) is 0 Å². The Kier molecular flexibility index (Phi) is 2.96. The minimum atomic E-state index is -0.319. The zero-order chi connectivity index (χ0) is 9.19. The third-order valence-corrected chi connectivity index (χ3v) is 2.83. The van der Waals surface area contributed by atoms with Crippen LogP contribution in [0.4, 0.5) is 0 Å². The monoisotopic (exact) mass is 191 g/mol. The van der Waals surface area contributed by atoms with E-state index in [0.29, 0.717) is 0 Å². The summed E-state index contributed by atoms with van der Waals surface area (Å²) in [6.45, 7) is 3.45. The molecule has 0 atom stereocenters. The second kappa shape index (κ2) is 3.62. The van der Waals surface area contributed by atoms with Crippen LogP contribution in [0.5, 0.6) is 0 Å². The molecular weight excluding hydrogens is 178 g/mol. The van der Waals surface area contributed by atoms with E-state index in [4.69, 9.17) is 16.5 Å². The predicted octanol–water partition coefficient (Wildman–Crippen LogP) is 1.42. The number of piperidine rings is 1. The molecule has 0 aliphatic carbocycles. The van der Waals surface area contributed by atoms with E-state index in [-0.39, 0.29) is 11.4 Å². The summed E-state index contributed by atoms with van der Waals surface area (Å²) in [6, 6.07) is 0. The van der Waals surface area contributed by atoms with E-state index in [9.17, 15) is 4.79 Å². The summed E-state index contributed by atoms with van der Waals surface area (Å²) < 4.78 is 6.44. The minimum Gasteiger partial charge on any atom is -0.469 e. The van der Waals surface area contributed by atoms with Crippen molar-refractivity contribution in [1.29, 1.82) is 0 Å². The van der Waals surface area contributed by atoms with Gasteiger partial charge in [0.05, 0.1) is 12.5 Å². The van der Waals surface area contributed by atoms with E-state index in [1.165, 1.54) is 7.11 Å².